The van der Waals surface area contributed by atoms with Gasteiger partial charge in [-0.25, -0.2) is 9.67 Å². The second-order valence-corrected chi connectivity index (χ2v) is 7.48. The number of carbonyl (C=O) groups excluding carboxylic acids is 2. The highest BCUT2D eigenvalue weighted by atomic mass is 16.3. The lowest BCUT2D eigenvalue weighted by atomic mass is 10.1. The van der Waals surface area contributed by atoms with Crippen molar-refractivity contribution < 1.29 is 19.1 Å². The molecule has 2 amide bonds. The van der Waals surface area contributed by atoms with E-state index in [1.54, 1.807) is 47.5 Å². The van der Waals surface area contributed by atoms with Crippen LogP contribution in [0, 0.1) is 0 Å². The first-order valence-corrected chi connectivity index (χ1v) is 10.2. The first-order chi connectivity index (χ1) is 15.5. The number of benzene rings is 1. The molecule has 0 aliphatic heterocycles. The van der Waals surface area contributed by atoms with Crippen molar-refractivity contribution in [1.29, 1.82) is 0 Å². The first kappa shape index (κ1) is 21.1. The fourth-order valence-electron chi connectivity index (χ4n) is 3.34. The normalized spacial score (nSPS) is 11.1. The largest absolute Gasteiger partial charge is 0.507 e. The molecule has 0 bridgehead atoms. The molecule has 3 heterocycles. The van der Waals surface area contributed by atoms with E-state index in [0.717, 1.165) is 0 Å². The molecule has 4 aromatic rings. The van der Waals surface area contributed by atoms with E-state index in [1.165, 1.54) is 12.1 Å². The number of fused-ring (bicyclic) bond motifs is 1. The molecule has 9 nitrogen and oxygen atoms in total. The molecule has 0 spiro atoms. The molecule has 0 saturated carbocycles. The average molecular weight is 433 g/mol. The maximum Gasteiger partial charge on any atom is 0.255 e. The van der Waals surface area contributed by atoms with Gasteiger partial charge in [-0.15, -0.1) is 0 Å². The molecule has 0 fully saturated rings. The third kappa shape index (κ3) is 4.18. The van der Waals surface area contributed by atoms with Gasteiger partial charge in [0.05, 0.1) is 29.0 Å². The van der Waals surface area contributed by atoms with Gasteiger partial charge in [-0.05, 0) is 44.2 Å². The third-order valence-corrected chi connectivity index (χ3v) is 4.92. The number of amides is 2. The molecular weight excluding hydrogens is 410 g/mol. The summed E-state index contributed by atoms with van der Waals surface area (Å²) >= 11 is 0. The predicted molar refractivity (Wildman–Crippen MR) is 118 cm³/mol. The first-order valence-electron chi connectivity index (χ1n) is 10.2. The summed E-state index contributed by atoms with van der Waals surface area (Å²) in [6, 6.07) is 11.5. The molecule has 164 valence electrons. The fourth-order valence-corrected chi connectivity index (χ4v) is 3.34. The number of nitrogens with zero attached hydrogens (tertiary/aromatic N) is 3. The Morgan fingerprint density at radius 3 is 2.44 bits per heavy atom. The highest BCUT2D eigenvalue weighted by Gasteiger charge is 2.19. The van der Waals surface area contributed by atoms with Gasteiger partial charge < -0.3 is 20.2 Å². The molecular formula is C23H23N5O4. The SMILES string of the molecule is CC(C)n1ncc2c(C(=O)NCCNC(=O)c3ccccc3O)cc(-c3ccco3)nc21. The Balaban J connectivity index is 1.50. The standard InChI is InChI=1S/C23H23N5O4/c1-14(2)28-21-17(13-26-28)16(12-18(27-21)20-8-5-11-32-20)23(31)25-10-9-24-22(30)15-6-3-4-7-19(15)29/h3-8,11-14,29H,9-10H2,1-2H3,(H,24,30)(H,25,31). The zero-order valence-corrected chi connectivity index (χ0v) is 17.7. The van der Waals surface area contributed by atoms with Crippen LogP contribution in [-0.2, 0) is 0 Å². The summed E-state index contributed by atoms with van der Waals surface area (Å²) in [6.45, 7) is 4.38. The number of aromatic nitrogens is 3. The van der Waals surface area contributed by atoms with Crippen LogP contribution in [-0.4, -0.2) is 44.8 Å². The van der Waals surface area contributed by atoms with E-state index in [4.69, 9.17) is 4.42 Å². The number of nitrogens with one attached hydrogen (secondary N) is 2. The van der Waals surface area contributed by atoms with Crippen molar-refractivity contribution in [3.8, 4) is 17.2 Å². The van der Waals surface area contributed by atoms with Gasteiger partial charge in [0, 0.05) is 19.1 Å². The molecule has 0 atom stereocenters. The minimum absolute atomic E-state index is 0.0624. The second-order valence-electron chi connectivity index (χ2n) is 7.48. The molecule has 0 aliphatic rings. The maximum absolute atomic E-state index is 13.0. The Morgan fingerprint density at radius 1 is 1.06 bits per heavy atom. The third-order valence-electron chi connectivity index (χ3n) is 4.92. The number of hydrogen-bond donors (Lipinski definition) is 3. The van der Waals surface area contributed by atoms with E-state index < -0.39 is 5.91 Å². The second kappa shape index (κ2) is 8.93. The lowest BCUT2D eigenvalue weighted by molar-refractivity contribution is 0.0927. The van der Waals surface area contributed by atoms with E-state index in [2.05, 4.69) is 20.7 Å². The van der Waals surface area contributed by atoms with Gasteiger partial charge in [0.15, 0.2) is 11.4 Å². The molecule has 3 N–H and O–H groups in total. The van der Waals surface area contributed by atoms with Crippen molar-refractivity contribution in [2.24, 2.45) is 0 Å². The van der Waals surface area contributed by atoms with Crippen LogP contribution < -0.4 is 10.6 Å². The number of para-hydroxylation sites is 1. The summed E-state index contributed by atoms with van der Waals surface area (Å²) in [5.74, 6) is -0.277. The van der Waals surface area contributed by atoms with Crippen LogP contribution in [0.3, 0.4) is 0 Å². The summed E-state index contributed by atoms with van der Waals surface area (Å²) < 4.78 is 7.22. The van der Waals surface area contributed by atoms with Crippen molar-refractivity contribution in [3.63, 3.8) is 0 Å². The van der Waals surface area contributed by atoms with Crippen molar-refractivity contribution in [3.05, 3.63) is 66.1 Å². The van der Waals surface area contributed by atoms with Gasteiger partial charge in [0.2, 0.25) is 0 Å². The molecule has 3 aromatic heterocycles. The average Bonchev–Trinajstić information content (AvgIpc) is 3.46. The zero-order chi connectivity index (χ0) is 22.7. The monoisotopic (exact) mass is 433 g/mol. The Kier molecular flexibility index (Phi) is 5.89. The summed E-state index contributed by atoms with van der Waals surface area (Å²) in [5.41, 5.74) is 1.72. The van der Waals surface area contributed by atoms with Crippen LogP contribution >= 0.6 is 0 Å². The predicted octanol–water partition coefficient (Wildman–Crippen LogP) is 3.14. The highest BCUT2D eigenvalue weighted by molar-refractivity contribution is 6.06. The van der Waals surface area contributed by atoms with Crippen LogP contribution in [0.1, 0.15) is 40.6 Å². The van der Waals surface area contributed by atoms with Gasteiger partial charge in [0.1, 0.15) is 11.4 Å². The number of aromatic hydroxyl groups is 1. The molecule has 1 aromatic carbocycles. The number of rotatable bonds is 7. The summed E-state index contributed by atoms with van der Waals surface area (Å²) in [4.78, 5) is 29.8. The van der Waals surface area contributed by atoms with Crippen molar-refractivity contribution in [2.75, 3.05) is 13.1 Å². The van der Waals surface area contributed by atoms with Crippen LogP contribution in [0.2, 0.25) is 0 Å². The minimum Gasteiger partial charge on any atom is -0.507 e. The molecule has 32 heavy (non-hydrogen) atoms. The number of pyridine rings is 1. The quantitative estimate of drug-likeness (QED) is 0.385. The molecule has 0 unspecified atom stereocenters. The number of carbonyl (C=O) groups is 2. The number of phenols is 1. The van der Waals surface area contributed by atoms with Gasteiger partial charge in [-0.1, -0.05) is 12.1 Å². The molecule has 0 aliphatic carbocycles. The zero-order valence-electron chi connectivity index (χ0n) is 17.7. The number of furan rings is 1. The van der Waals surface area contributed by atoms with E-state index in [1.807, 2.05) is 13.8 Å². The number of phenolic OH excluding ortho intramolecular Hbond substituents is 1. The van der Waals surface area contributed by atoms with Gasteiger partial charge in [-0.2, -0.15) is 5.10 Å². The highest BCUT2D eigenvalue weighted by Crippen LogP contribution is 2.26. The van der Waals surface area contributed by atoms with Crippen LogP contribution in [0.4, 0.5) is 0 Å². The molecule has 0 saturated heterocycles. The van der Waals surface area contributed by atoms with E-state index in [-0.39, 0.29) is 36.4 Å². The summed E-state index contributed by atoms with van der Waals surface area (Å²) in [5, 5.41) is 20.3. The van der Waals surface area contributed by atoms with E-state index in [9.17, 15) is 14.7 Å². The molecule has 0 radical (unpaired) electrons. The molecule has 9 heteroatoms. The maximum atomic E-state index is 13.0. The van der Waals surface area contributed by atoms with Gasteiger partial charge in [0.25, 0.3) is 11.8 Å². The smallest absolute Gasteiger partial charge is 0.255 e. The Bertz CT molecular complexity index is 1260. The Labute approximate surface area is 184 Å². The number of hydrogen-bond acceptors (Lipinski definition) is 6. The Hall–Kier alpha value is -4.14. The van der Waals surface area contributed by atoms with Crippen LogP contribution in [0.5, 0.6) is 5.75 Å². The van der Waals surface area contributed by atoms with Crippen molar-refractivity contribution in [2.45, 2.75) is 19.9 Å². The Morgan fingerprint density at radius 2 is 1.78 bits per heavy atom. The van der Waals surface area contributed by atoms with E-state index >= 15 is 0 Å². The van der Waals surface area contributed by atoms with Crippen molar-refractivity contribution >= 4 is 22.8 Å². The van der Waals surface area contributed by atoms with Gasteiger partial charge in [-0.3, -0.25) is 9.59 Å². The van der Waals surface area contributed by atoms with Crippen LogP contribution in [0.15, 0.2) is 59.3 Å². The topological polar surface area (TPSA) is 122 Å². The summed E-state index contributed by atoms with van der Waals surface area (Å²) in [6.07, 6.45) is 3.18. The fraction of sp³-hybridized carbons (Fsp3) is 0.217. The lowest BCUT2D eigenvalue weighted by Crippen LogP contribution is -2.34. The minimum atomic E-state index is -0.415. The molecule has 4 rings (SSSR count). The van der Waals surface area contributed by atoms with E-state index in [0.29, 0.717) is 28.1 Å². The lowest BCUT2D eigenvalue weighted by Gasteiger charge is -2.11. The van der Waals surface area contributed by atoms with Crippen LogP contribution in [0.25, 0.3) is 22.5 Å². The van der Waals surface area contributed by atoms with Crippen molar-refractivity contribution in [1.82, 2.24) is 25.4 Å². The van der Waals surface area contributed by atoms with Gasteiger partial charge >= 0.3 is 0 Å². The summed E-state index contributed by atoms with van der Waals surface area (Å²) in [7, 11) is 0.